The van der Waals surface area contributed by atoms with Gasteiger partial charge in [0, 0.05) is 37.8 Å². The van der Waals surface area contributed by atoms with Crippen LogP contribution in [-0.2, 0) is 6.42 Å². The summed E-state index contributed by atoms with van der Waals surface area (Å²) in [6.07, 6.45) is 9.32. The molecule has 0 radical (unpaired) electrons. The molecule has 0 saturated heterocycles. The normalized spacial score (nSPS) is 10.5. The first-order chi connectivity index (χ1) is 10.3. The summed E-state index contributed by atoms with van der Waals surface area (Å²) in [5.41, 5.74) is 1.11. The fraction of sp³-hybridized carbons (Fsp3) is 0.214. The molecule has 1 N–H and O–H groups in total. The molecule has 0 bridgehead atoms. The summed E-state index contributed by atoms with van der Waals surface area (Å²) in [6.45, 7) is 2.76. The highest BCUT2D eigenvalue weighted by molar-refractivity contribution is 5.30. The highest BCUT2D eigenvalue weighted by atomic mass is 15.2. The summed E-state index contributed by atoms with van der Waals surface area (Å²) in [6, 6.07) is 3.90. The van der Waals surface area contributed by atoms with Gasteiger partial charge in [0.2, 0.25) is 11.9 Å². The van der Waals surface area contributed by atoms with E-state index in [1.807, 2.05) is 19.1 Å². The predicted octanol–water partition coefficient (Wildman–Crippen LogP) is 1.47. The molecule has 7 nitrogen and oxygen atoms in total. The summed E-state index contributed by atoms with van der Waals surface area (Å²) in [5.74, 6) is 1.83. The van der Waals surface area contributed by atoms with E-state index in [-0.39, 0.29) is 0 Å². The number of nitrogens with zero attached hydrogens (tertiary/aromatic N) is 6. The van der Waals surface area contributed by atoms with Gasteiger partial charge in [0.1, 0.15) is 12.2 Å². The number of imidazole rings is 1. The van der Waals surface area contributed by atoms with Crippen molar-refractivity contribution in [1.29, 1.82) is 0 Å². The standard InChI is InChI=1S/C14H15N7/c1-2-17-13-18-12(9-11-3-5-15-6-4-11)19-14(20-13)21-8-7-16-10-21/h3-8,10H,2,9H2,1H3,(H,17,18,19,20). The molecule has 0 aromatic carbocycles. The van der Waals surface area contributed by atoms with Crippen molar-refractivity contribution >= 4 is 5.95 Å². The van der Waals surface area contributed by atoms with Gasteiger partial charge in [-0.05, 0) is 24.6 Å². The Kier molecular flexibility index (Phi) is 3.81. The lowest BCUT2D eigenvalue weighted by atomic mass is 10.2. The summed E-state index contributed by atoms with van der Waals surface area (Å²) < 4.78 is 1.76. The first-order valence-electron chi connectivity index (χ1n) is 6.71. The molecule has 7 heteroatoms. The molecule has 0 fully saturated rings. The maximum atomic E-state index is 4.49. The van der Waals surface area contributed by atoms with Gasteiger partial charge in [-0.1, -0.05) is 0 Å². The molecule has 0 saturated carbocycles. The van der Waals surface area contributed by atoms with E-state index in [0.29, 0.717) is 24.1 Å². The van der Waals surface area contributed by atoms with E-state index in [0.717, 1.165) is 12.1 Å². The van der Waals surface area contributed by atoms with Gasteiger partial charge in [0.15, 0.2) is 0 Å². The van der Waals surface area contributed by atoms with Gasteiger partial charge in [0.05, 0.1) is 0 Å². The Balaban J connectivity index is 1.95. The second-order valence-electron chi connectivity index (χ2n) is 4.41. The summed E-state index contributed by atoms with van der Waals surface area (Å²) in [5, 5.41) is 3.13. The summed E-state index contributed by atoms with van der Waals surface area (Å²) in [7, 11) is 0. The fourth-order valence-electron chi connectivity index (χ4n) is 1.90. The molecule has 0 atom stereocenters. The number of hydrogen-bond donors (Lipinski definition) is 1. The average molecular weight is 281 g/mol. The zero-order chi connectivity index (χ0) is 14.5. The Bertz CT molecular complexity index is 695. The Morgan fingerprint density at radius 3 is 2.62 bits per heavy atom. The van der Waals surface area contributed by atoms with Gasteiger partial charge in [0.25, 0.3) is 0 Å². The van der Waals surface area contributed by atoms with E-state index < -0.39 is 0 Å². The maximum absolute atomic E-state index is 4.49. The van der Waals surface area contributed by atoms with Gasteiger partial charge in [-0.2, -0.15) is 15.0 Å². The molecule has 106 valence electrons. The molecule has 0 amide bonds. The molecule has 3 rings (SSSR count). The summed E-state index contributed by atoms with van der Waals surface area (Å²) in [4.78, 5) is 21.4. The van der Waals surface area contributed by atoms with E-state index >= 15 is 0 Å². The van der Waals surface area contributed by atoms with Crippen LogP contribution < -0.4 is 5.32 Å². The van der Waals surface area contributed by atoms with E-state index in [2.05, 4.69) is 30.2 Å². The highest BCUT2D eigenvalue weighted by Crippen LogP contribution is 2.09. The fourth-order valence-corrected chi connectivity index (χ4v) is 1.90. The smallest absolute Gasteiger partial charge is 0.239 e. The van der Waals surface area contributed by atoms with Gasteiger partial charge in [-0.3, -0.25) is 9.55 Å². The average Bonchev–Trinajstić information content (AvgIpc) is 3.03. The minimum atomic E-state index is 0.558. The van der Waals surface area contributed by atoms with Gasteiger partial charge >= 0.3 is 0 Å². The Labute approximate surface area is 122 Å². The van der Waals surface area contributed by atoms with Crippen molar-refractivity contribution in [1.82, 2.24) is 29.5 Å². The molecule has 0 aliphatic carbocycles. The topological polar surface area (TPSA) is 81.4 Å². The predicted molar refractivity (Wildman–Crippen MR) is 78.2 cm³/mol. The SMILES string of the molecule is CCNc1nc(Cc2ccncc2)nc(-n2ccnc2)n1. The molecule has 3 aromatic heterocycles. The molecule has 0 aliphatic heterocycles. The van der Waals surface area contributed by atoms with Crippen LogP contribution in [0.1, 0.15) is 18.3 Å². The zero-order valence-corrected chi connectivity index (χ0v) is 11.6. The third-order valence-electron chi connectivity index (χ3n) is 2.85. The number of hydrogen-bond acceptors (Lipinski definition) is 6. The minimum Gasteiger partial charge on any atom is -0.354 e. The Morgan fingerprint density at radius 2 is 1.90 bits per heavy atom. The Hall–Kier alpha value is -2.83. The Morgan fingerprint density at radius 1 is 1.05 bits per heavy atom. The second-order valence-corrected chi connectivity index (χ2v) is 4.41. The lowest BCUT2D eigenvalue weighted by Gasteiger charge is -2.08. The van der Waals surface area contributed by atoms with Gasteiger partial charge in [-0.25, -0.2) is 4.98 Å². The van der Waals surface area contributed by atoms with E-state index in [9.17, 15) is 0 Å². The monoisotopic (exact) mass is 281 g/mol. The summed E-state index contributed by atoms with van der Waals surface area (Å²) >= 11 is 0. The van der Waals surface area contributed by atoms with Gasteiger partial charge < -0.3 is 5.32 Å². The second kappa shape index (κ2) is 6.08. The van der Waals surface area contributed by atoms with Crippen LogP contribution in [0, 0.1) is 0 Å². The lowest BCUT2D eigenvalue weighted by Crippen LogP contribution is -2.11. The third kappa shape index (κ3) is 3.19. The quantitative estimate of drug-likeness (QED) is 0.762. The molecular weight excluding hydrogens is 266 g/mol. The number of aromatic nitrogens is 6. The number of rotatable bonds is 5. The van der Waals surface area contributed by atoms with Crippen LogP contribution in [0.15, 0.2) is 43.2 Å². The molecule has 3 heterocycles. The molecule has 0 spiro atoms. The van der Waals surface area contributed by atoms with Gasteiger partial charge in [-0.15, -0.1) is 0 Å². The molecule has 0 aliphatic rings. The van der Waals surface area contributed by atoms with Crippen molar-refractivity contribution < 1.29 is 0 Å². The van der Waals surface area contributed by atoms with Crippen LogP contribution >= 0.6 is 0 Å². The van der Waals surface area contributed by atoms with Crippen molar-refractivity contribution in [2.75, 3.05) is 11.9 Å². The molecular formula is C14H15N7. The largest absolute Gasteiger partial charge is 0.354 e. The number of anilines is 1. The number of pyridine rings is 1. The first-order valence-corrected chi connectivity index (χ1v) is 6.71. The molecule has 21 heavy (non-hydrogen) atoms. The highest BCUT2D eigenvalue weighted by Gasteiger charge is 2.08. The van der Waals surface area contributed by atoms with Crippen molar-refractivity contribution in [3.63, 3.8) is 0 Å². The van der Waals surface area contributed by atoms with Crippen LogP contribution in [-0.4, -0.2) is 36.0 Å². The molecule has 0 unspecified atom stereocenters. The van der Waals surface area contributed by atoms with E-state index in [1.165, 1.54) is 0 Å². The van der Waals surface area contributed by atoms with Crippen LogP contribution in [0.5, 0.6) is 0 Å². The van der Waals surface area contributed by atoms with Crippen LogP contribution in [0.25, 0.3) is 5.95 Å². The maximum Gasteiger partial charge on any atom is 0.239 e. The zero-order valence-electron chi connectivity index (χ0n) is 11.6. The van der Waals surface area contributed by atoms with Crippen molar-refractivity contribution in [3.8, 4) is 5.95 Å². The first kappa shape index (κ1) is 13.2. The van der Waals surface area contributed by atoms with Crippen LogP contribution in [0.3, 0.4) is 0 Å². The van der Waals surface area contributed by atoms with Crippen LogP contribution in [0.4, 0.5) is 5.95 Å². The minimum absolute atomic E-state index is 0.558. The molecule has 3 aromatic rings. The number of nitrogens with one attached hydrogen (secondary N) is 1. The van der Waals surface area contributed by atoms with Crippen molar-refractivity contribution in [2.45, 2.75) is 13.3 Å². The van der Waals surface area contributed by atoms with E-state index in [4.69, 9.17) is 0 Å². The van der Waals surface area contributed by atoms with Crippen molar-refractivity contribution in [3.05, 3.63) is 54.6 Å². The van der Waals surface area contributed by atoms with E-state index in [1.54, 1.807) is 35.7 Å². The van der Waals surface area contributed by atoms with Crippen molar-refractivity contribution in [2.24, 2.45) is 0 Å². The lowest BCUT2D eigenvalue weighted by molar-refractivity contribution is 0.841. The third-order valence-corrected chi connectivity index (χ3v) is 2.85. The van der Waals surface area contributed by atoms with Crippen LogP contribution in [0.2, 0.25) is 0 Å².